The molecular weight excluding hydrogens is 304 g/mol. The van der Waals surface area contributed by atoms with Crippen molar-refractivity contribution < 1.29 is 9.53 Å². The minimum Gasteiger partial charge on any atom is -0.379 e. The molecule has 1 aromatic heterocycles. The molecule has 3 rings (SSSR count). The zero-order chi connectivity index (χ0) is 17.2. The van der Waals surface area contributed by atoms with Gasteiger partial charge in [-0.2, -0.15) is 10.2 Å². The first kappa shape index (κ1) is 16.7. The van der Waals surface area contributed by atoms with Crippen LogP contribution in [-0.4, -0.2) is 35.9 Å². The van der Waals surface area contributed by atoms with Crippen LogP contribution < -0.4 is 5.32 Å². The highest BCUT2D eigenvalue weighted by atomic mass is 16.5. The van der Waals surface area contributed by atoms with Gasteiger partial charge >= 0.3 is 0 Å². The average Bonchev–Trinajstić information content (AvgIpc) is 2.98. The van der Waals surface area contributed by atoms with E-state index in [9.17, 15) is 4.79 Å². The summed E-state index contributed by atoms with van der Waals surface area (Å²) in [6, 6.07) is 2.30. The Morgan fingerprint density at radius 2 is 2.29 bits per heavy atom. The topological polar surface area (TPSA) is 68.0 Å². The second-order valence-corrected chi connectivity index (χ2v) is 6.56. The molecule has 0 aliphatic carbocycles. The molecule has 0 spiro atoms. The number of rotatable bonds is 7. The van der Waals surface area contributed by atoms with Crippen LogP contribution in [0.1, 0.15) is 53.5 Å². The number of hydrogen-bond donors (Lipinski definition) is 1. The standard InChI is InChI=1S/C18H24N4O2/c1-4-5-7-18(20-21-18)8-9-19-17(23)16-11-13(2)22(14(16)3)15-6-10-24-12-15/h1,11,15H,5-10,12H2,2-3H3,(H,19,23). The Hall–Kier alpha value is -2.13. The lowest BCUT2D eigenvalue weighted by atomic mass is 10.0. The molecule has 1 N–H and O–H groups in total. The van der Waals surface area contributed by atoms with E-state index in [0.29, 0.717) is 25.4 Å². The number of ether oxygens (including phenoxy) is 1. The highest BCUT2D eigenvalue weighted by Gasteiger charge is 2.38. The molecule has 3 heterocycles. The second-order valence-electron chi connectivity index (χ2n) is 6.56. The number of nitrogens with one attached hydrogen (secondary N) is 1. The molecule has 24 heavy (non-hydrogen) atoms. The molecule has 0 bridgehead atoms. The normalized spacial score (nSPS) is 20.8. The summed E-state index contributed by atoms with van der Waals surface area (Å²) in [4.78, 5) is 12.5. The SMILES string of the molecule is C#CCCC1(CCNC(=O)c2cc(C)n(C3CCOC3)c2C)N=N1. The van der Waals surface area contributed by atoms with Gasteiger partial charge < -0.3 is 14.6 Å². The van der Waals surface area contributed by atoms with Gasteiger partial charge in [0.1, 0.15) is 0 Å². The summed E-state index contributed by atoms with van der Waals surface area (Å²) < 4.78 is 7.70. The maximum Gasteiger partial charge on any atom is 0.253 e. The van der Waals surface area contributed by atoms with Crippen molar-refractivity contribution in [3.8, 4) is 12.3 Å². The first-order valence-electron chi connectivity index (χ1n) is 8.48. The Morgan fingerprint density at radius 3 is 2.92 bits per heavy atom. The van der Waals surface area contributed by atoms with Crippen molar-refractivity contribution in [2.24, 2.45) is 10.2 Å². The maximum absolute atomic E-state index is 12.5. The smallest absolute Gasteiger partial charge is 0.253 e. The predicted octanol–water partition coefficient (Wildman–Crippen LogP) is 2.76. The fraction of sp³-hybridized carbons (Fsp3) is 0.611. The number of nitrogens with zero attached hydrogens (tertiary/aromatic N) is 3. The number of hydrogen-bond acceptors (Lipinski definition) is 4. The number of carbonyl (C=O) groups is 1. The summed E-state index contributed by atoms with van der Waals surface area (Å²) in [6.45, 7) is 6.10. The fourth-order valence-corrected chi connectivity index (χ4v) is 3.43. The predicted molar refractivity (Wildman–Crippen MR) is 91.0 cm³/mol. The van der Waals surface area contributed by atoms with E-state index in [1.807, 2.05) is 19.9 Å². The molecule has 1 saturated heterocycles. The molecule has 0 radical (unpaired) electrons. The zero-order valence-electron chi connectivity index (χ0n) is 14.3. The first-order chi connectivity index (χ1) is 11.6. The Morgan fingerprint density at radius 1 is 1.50 bits per heavy atom. The van der Waals surface area contributed by atoms with Crippen LogP contribution in [0.4, 0.5) is 0 Å². The van der Waals surface area contributed by atoms with Crippen LogP contribution in [-0.2, 0) is 4.74 Å². The van der Waals surface area contributed by atoms with Crippen molar-refractivity contribution in [1.29, 1.82) is 0 Å². The van der Waals surface area contributed by atoms with E-state index in [1.165, 1.54) is 0 Å². The Kier molecular flexibility index (Phi) is 4.72. The molecule has 0 aromatic carbocycles. The van der Waals surface area contributed by atoms with E-state index >= 15 is 0 Å². The van der Waals surface area contributed by atoms with E-state index in [0.717, 1.165) is 43.0 Å². The lowest BCUT2D eigenvalue weighted by molar-refractivity contribution is 0.0951. The van der Waals surface area contributed by atoms with Crippen molar-refractivity contribution in [2.75, 3.05) is 19.8 Å². The maximum atomic E-state index is 12.5. The van der Waals surface area contributed by atoms with Crippen molar-refractivity contribution in [1.82, 2.24) is 9.88 Å². The molecule has 1 unspecified atom stereocenters. The number of amides is 1. The van der Waals surface area contributed by atoms with E-state index in [2.05, 4.69) is 26.0 Å². The van der Waals surface area contributed by atoms with E-state index in [-0.39, 0.29) is 11.6 Å². The van der Waals surface area contributed by atoms with Gasteiger partial charge in [0.15, 0.2) is 5.66 Å². The van der Waals surface area contributed by atoms with Gasteiger partial charge in [-0.25, -0.2) is 0 Å². The minimum atomic E-state index is -0.349. The molecule has 0 saturated carbocycles. The van der Waals surface area contributed by atoms with Gasteiger partial charge in [0.05, 0.1) is 18.2 Å². The van der Waals surface area contributed by atoms with Gasteiger partial charge in [-0.3, -0.25) is 4.79 Å². The van der Waals surface area contributed by atoms with E-state index in [4.69, 9.17) is 11.2 Å². The van der Waals surface area contributed by atoms with Crippen LogP contribution in [0.25, 0.3) is 0 Å². The van der Waals surface area contributed by atoms with Crippen molar-refractivity contribution in [3.63, 3.8) is 0 Å². The van der Waals surface area contributed by atoms with E-state index < -0.39 is 0 Å². The van der Waals surface area contributed by atoms with Gasteiger partial charge in [0.25, 0.3) is 5.91 Å². The molecular formula is C18H24N4O2. The summed E-state index contributed by atoms with van der Waals surface area (Å²) in [6.07, 6.45) is 8.41. The molecule has 1 amide bonds. The summed E-state index contributed by atoms with van der Waals surface area (Å²) in [5.74, 6) is 2.57. The molecule has 1 atom stereocenters. The summed E-state index contributed by atoms with van der Waals surface area (Å²) in [7, 11) is 0. The second kappa shape index (κ2) is 6.78. The Bertz CT molecular complexity index is 687. The fourth-order valence-electron chi connectivity index (χ4n) is 3.43. The highest BCUT2D eigenvalue weighted by molar-refractivity contribution is 5.95. The number of terminal acetylenes is 1. The van der Waals surface area contributed by atoms with Gasteiger partial charge in [0.2, 0.25) is 0 Å². The monoisotopic (exact) mass is 328 g/mol. The molecule has 6 heteroatoms. The lowest BCUT2D eigenvalue weighted by Gasteiger charge is -2.16. The number of aromatic nitrogens is 1. The van der Waals surface area contributed by atoms with Crippen molar-refractivity contribution in [2.45, 2.75) is 51.2 Å². The van der Waals surface area contributed by atoms with Crippen LogP contribution in [0, 0.1) is 26.2 Å². The van der Waals surface area contributed by atoms with Gasteiger partial charge in [-0.1, -0.05) is 0 Å². The summed E-state index contributed by atoms with van der Waals surface area (Å²) in [5, 5.41) is 11.2. The summed E-state index contributed by atoms with van der Waals surface area (Å²) >= 11 is 0. The van der Waals surface area contributed by atoms with Crippen LogP contribution in [0.2, 0.25) is 0 Å². The van der Waals surface area contributed by atoms with Crippen LogP contribution in [0.15, 0.2) is 16.3 Å². The molecule has 2 aliphatic heterocycles. The molecule has 1 aromatic rings. The molecule has 128 valence electrons. The van der Waals surface area contributed by atoms with Crippen LogP contribution in [0.3, 0.4) is 0 Å². The van der Waals surface area contributed by atoms with Gasteiger partial charge in [0, 0.05) is 43.8 Å². The molecule has 1 fully saturated rings. The van der Waals surface area contributed by atoms with Crippen molar-refractivity contribution in [3.05, 3.63) is 23.0 Å². The minimum absolute atomic E-state index is 0.0407. The van der Waals surface area contributed by atoms with Crippen molar-refractivity contribution >= 4 is 5.91 Å². The quantitative estimate of drug-likeness (QED) is 0.782. The van der Waals surface area contributed by atoms with Gasteiger partial charge in [-0.15, -0.1) is 12.3 Å². The highest BCUT2D eigenvalue weighted by Crippen LogP contribution is 2.36. The number of carbonyl (C=O) groups excluding carboxylic acids is 1. The molecule has 6 nitrogen and oxygen atoms in total. The first-order valence-corrected chi connectivity index (χ1v) is 8.48. The molecule has 2 aliphatic rings. The third-order valence-corrected chi connectivity index (χ3v) is 4.86. The van der Waals surface area contributed by atoms with Crippen LogP contribution >= 0.6 is 0 Å². The third-order valence-electron chi connectivity index (χ3n) is 4.86. The Labute approximate surface area is 142 Å². The average molecular weight is 328 g/mol. The number of aryl methyl sites for hydroxylation is 1. The largest absolute Gasteiger partial charge is 0.379 e. The van der Waals surface area contributed by atoms with Crippen LogP contribution in [0.5, 0.6) is 0 Å². The zero-order valence-corrected chi connectivity index (χ0v) is 14.3. The van der Waals surface area contributed by atoms with Gasteiger partial charge in [-0.05, 0) is 26.3 Å². The van der Waals surface area contributed by atoms with E-state index in [1.54, 1.807) is 0 Å². The lowest BCUT2D eigenvalue weighted by Crippen LogP contribution is -2.28. The third kappa shape index (κ3) is 3.36. The Balaban J connectivity index is 1.58. The summed E-state index contributed by atoms with van der Waals surface area (Å²) in [5.41, 5.74) is 2.49.